The summed E-state index contributed by atoms with van der Waals surface area (Å²) in [6.45, 7) is 4.77. The first-order valence-corrected chi connectivity index (χ1v) is 11.6. The predicted molar refractivity (Wildman–Crippen MR) is 115 cm³/mol. The van der Waals surface area contributed by atoms with Crippen LogP contribution in [0.3, 0.4) is 0 Å². The number of nitrogens with zero attached hydrogens (tertiary/aromatic N) is 2. The van der Waals surface area contributed by atoms with Crippen molar-refractivity contribution >= 4 is 11.8 Å². The normalized spacial score (nSPS) is 34.8. The number of amides is 2. The minimum Gasteiger partial charge on any atom is -0.378 e. The average molecular weight is 411 g/mol. The van der Waals surface area contributed by atoms with Crippen molar-refractivity contribution in [3.63, 3.8) is 0 Å². The molecule has 1 aromatic carbocycles. The lowest BCUT2D eigenvalue weighted by Gasteiger charge is -2.62. The molecule has 1 heterocycles. The van der Waals surface area contributed by atoms with Gasteiger partial charge in [0.15, 0.2) is 0 Å². The summed E-state index contributed by atoms with van der Waals surface area (Å²) < 4.78 is 5.35. The monoisotopic (exact) mass is 410 g/mol. The molecule has 2 amide bonds. The summed E-state index contributed by atoms with van der Waals surface area (Å²) in [7, 11) is 1.83. The highest BCUT2D eigenvalue weighted by Gasteiger charge is 2.61. The fraction of sp³-hybridized carbons (Fsp3) is 0.680. The summed E-state index contributed by atoms with van der Waals surface area (Å²) in [5.74, 6) is 1.53. The van der Waals surface area contributed by atoms with Crippen LogP contribution in [0.2, 0.25) is 0 Å². The van der Waals surface area contributed by atoms with E-state index in [-0.39, 0.29) is 29.2 Å². The Balaban J connectivity index is 1.36. The third-order valence-corrected chi connectivity index (χ3v) is 8.26. The SMILES string of the molecule is Cc1ccc(C23CC4CC(CC(C(=O)N(C)CC(=O)N5CCOCC5)(C4)C2)C3)cc1. The van der Waals surface area contributed by atoms with Crippen LogP contribution in [0, 0.1) is 24.2 Å². The Morgan fingerprint density at radius 1 is 1.07 bits per heavy atom. The molecule has 6 rings (SSSR count). The Hall–Kier alpha value is -1.88. The number of hydrogen-bond donors (Lipinski definition) is 0. The summed E-state index contributed by atoms with van der Waals surface area (Å²) in [5, 5.41) is 0. The number of carbonyl (C=O) groups excluding carboxylic acids is 2. The smallest absolute Gasteiger partial charge is 0.242 e. The van der Waals surface area contributed by atoms with Crippen LogP contribution in [0.4, 0.5) is 0 Å². The molecule has 0 aromatic heterocycles. The Morgan fingerprint density at radius 2 is 1.70 bits per heavy atom. The predicted octanol–water partition coefficient (Wildman–Crippen LogP) is 3.15. The summed E-state index contributed by atoms with van der Waals surface area (Å²) in [6, 6.07) is 9.03. The quantitative estimate of drug-likeness (QED) is 0.766. The van der Waals surface area contributed by atoms with Crippen LogP contribution in [-0.4, -0.2) is 61.5 Å². The number of ether oxygens (including phenoxy) is 1. The highest BCUT2D eigenvalue weighted by Crippen LogP contribution is 2.66. The van der Waals surface area contributed by atoms with Crippen molar-refractivity contribution in [2.45, 2.75) is 50.9 Å². The second-order valence-corrected chi connectivity index (χ2v) is 10.5. The largest absolute Gasteiger partial charge is 0.378 e. The lowest BCUT2D eigenvalue weighted by Crippen LogP contribution is -2.60. The molecule has 162 valence electrons. The third-order valence-electron chi connectivity index (χ3n) is 8.26. The Labute approximate surface area is 179 Å². The van der Waals surface area contributed by atoms with Crippen LogP contribution >= 0.6 is 0 Å². The van der Waals surface area contributed by atoms with Gasteiger partial charge in [0.05, 0.1) is 25.2 Å². The van der Waals surface area contributed by atoms with Crippen LogP contribution in [0.15, 0.2) is 24.3 Å². The van der Waals surface area contributed by atoms with Gasteiger partial charge in [-0.1, -0.05) is 29.8 Å². The molecule has 4 saturated carbocycles. The average Bonchev–Trinajstić information content (AvgIpc) is 2.73. The summed E-state index contributed by atoms with van der Waals surface area (Å²) >= 11 is 0. The van der Waals surface area contributed by atoms with Crippen molar-refractivity contribution in [2.24, 2.45) is 17.3 Å². The number of carbonyl (C=O) groups is 2. The van der Waals surface area contributed by atoms with Gasteiger partial charge in [-0.25, -0.2) is 0 Å². The van der Waals surface area contributed by atoms with E-state index >= 15 is 0 Å². The number of rotatable bonds is 4. The maximum Gasteiger partial charge on any atom is 0.242 e. The van der Waals surface area contributed by atoms with E-state index in [1.165, 1.54) is 30.4 Å². The molecule has 5 aliphatic rings. The first-order valence-electron chi connectivity index (χ1n) is 11.6. The molecule has 4 bridgehead atoms. The molecule has 5 fully saturated rings. The van der Waals surface area contributed by atoms with Gasteiger partial charge < -0.3 is 14.5 Å². The summed E-state index contributed by atoms with van der Waals surface area (Å²) in [5.41, 5.74) is 2.57. The zero-order valence-electron chi connectivity index (χ0n) is 18.4. The molecule has 2 atom stereocenters. The minimum atomic E-state index is -0.283. The van der Waals surface area contributed by atoms with Crippen molar-refractivity contribution in [1.82, 2.24) is 9.80 Å². The highest BCUT2D eigenvalue weighted by atomic mass is 16.5. The summed E-state index contributed by atoms with van der Waals surface area (Å²) in [6.07, 6.45) is 6.68. The molecule has 5 heteroatoms. The van der Waals surface area contributed by atoms with E-state index in [0.717, 1.165) is 19.3 Å². The van der Waals surface area contributed by atoms with Gasteiger partial charge in [0.25, 0.3) is 0 Å². The number of hydrogen-bond acceptors (Lipinski definition) is 3. The van der Waals surface area contributed by atoms with E-state index in [1.807, 2.05) is 11.9 Å². The van der Waals surface area contributed by atoms with E-state index in [4.69, 9.17) is 4.74 Å². The zero-order valence-corrected chi connectivity index (χ0v) is 18.4. The number of aryl methyl sites for hydroxylation is 1. The third kappa shape index (κ3) is 3.35. The fourth-order valence-electron chi connectivity index (χ4n) is 7.35. The van der Waals surface area contributed by atoms with Crippen molar-refractivity contribution in [2.75, 3.05) is 39.9 Å². The van der Waals surface area contributed by atoms with E-state index in [2.05, 4.69) is 31.2 Å². The van der Waals surface area contributed by atoms with Crippen LogP contribution in [0.5, 0.6) is 0 Å². The molecule has 5 nitrogen and oxygen atoms in total. The molecule has 0 radical (unpaired) electrons. The molecule has 1 saturated heterocycles. The first kappa shape index (κ1) is 20.0. The molecular formula is C25H34N2O3. The molecule has 2 unspecified atom stereocenters. The van der Waals surface area contributed by atoms with E-state index in [0.29, 0.717) is 38.1 Å². The Morgan fingerprint density at radius 3 is 2.33 bits per heavy atom. The van der Waals surface area contributed by atoms with Crippen molar-refractivity contribution < 1.29 is 14.3 Å². The zero-order chi connectivity index (χ0) is 20.9. The number of likely N-dealkylation sites (N-methyl/N-ethyl adjacent to an activating group) is 1. The fourth-order valence-corrected chi connectivity index (χ4v) is 7.35. The maximum atomic E-state index is 13.8. The van der Waals surface area contributed by atoms with Gasteiger partial charge in [0.2, 0.25) is 11.8 Å². The summed E-state index contributed by atoms with van der Waals surface area (Å²) in [4.78, 5) is 30.1. The lowest BCUT2D eigenvalue weighted by atomic mass is 9.42. The van der Waals surface area contributed by atoms with E-state index < -0.39 is 0 Å². The van der Waals surface area contributed by atoms with Crippen LogP contribution in [0.1, 0.15) is 49.7 Å². The molecule has 1 aliphatic heterocycles. The van der Waals surface area contributed by atoms with Crippen LogP contribution in [0.25, 0.3) is 0 Å². The maximum absolute atomic E-state index is 13.8. The van der Waals surface area contributed by atoms with Gasteiger partial charge in [-0.2, -0.15) is 0 Å². The van der Waals surface area contributed by atoms with E-state index in [1.54, 1.807) is 4.90 Å². The van der Waals surface area contributed by atoms with Crippen molar-refractivity contribution in [1.29, 1.82) is 0 Å². The van der Waals surface area contributed by atoms with Gasteiger partial charge in [-0.15, -0.1) is 0 Å². The standard InChI is InChI=1S/C25H34N2O3/c1-18-3-5-21(6-4-18)24-12-19-11-20(13-24)15-25(14-19,17-24)23(29)26(2)16-22(28)27-7-9-30-10-8-27/h3-6,19-20H,7-17H2,1-2H3. The first-order chi connectivity index (χ1) is 14.4. The van der Waals surface area contributed by atoms with Gasteiger partial charge in [-0.05, 0) is 68.3 Å². The van der Waals surface area contributed by atoms with Crippen molar-refractivity contribution in [3.8, 4) is 0 Å². The topological polar surface area (TPSA) is 49.9 Å². The Bertz CT molecular complexity index is 813. The van der Waals surface area contributed by atoms with Gasteiger partial charge in [0.1, 0.15) is 0 Å². The molecular weight excluding hydrogens is 376 g/mol. The molecule has 1 aromatic rings. The van der Waals surface area contributed by atoms with Gasteiger partial charge in [0, 0.05) is 20.1 Å². The second-order valence-electron chi connectivity index (χ2n) is 10.5. The van der Waals surface area contributed by atoms with Crippen LogP contribution < -0.4 is 0 Å². The van der Waals surface area contributed by atoms with Gasteiger partial charge in [-0.3, -0.25) is 9.59 Å². The second kappa shape index (κ2) is 7.37. The molecule has 30 heavy (non-hydrogen) atoms. The van der Waals surface area contributed by atoms with E-state index in [9.17, 15) is 9.59 Å². The Kier molecular flexibility index (Phi) is 4.92. The molecule has 0 spiro atoms. The number of benzene rings is 1. The molecule has 4 aliphatic carbocycles. The van der Waals surface area contributed by atoms with Gasteiger partial charge >= 0.3 is 0 Å². The van der Waals surface area contributed by atoms with Crippen LogP contribution in [-0.2, 0) is 19.7 Å². The molecule has 0 N–H and O–H groups in total. The lowest BCUT2D eigenvalue weighted by molar-refractivity contribution is -0.161. The highest BCUT2D eigenvalue weighted by molar-refractivity contribution is 5.88. The number of morpholine rings is 1. The van der Waals surface area contributed by atoms with Crippen molar-refractivity contribution in [3.05, 3.63) is 35.4 Å². The minimum absolute atomic E-state index is 0.0483.